The highest BCUT2D eigenvalue weighted by Gasteiger charge is 2.42. The van der Waals surface area contributed by atoms with E-state index in [9.17, 15) is 9.59 Å². The maximum atomic E-state index is 12.8. The molecule has 0 spiro atoms. The zero-order chi connectivity index (χ0) is 18.7. The van der Waals surface area contributed by atoms with Crippen LogP contribution in [0, 0.1) is 11.8 Å². The van der Waals surface area contributed by atoms with Gasteiger partial charge in [0, 0.05) is 11.3 Å². The summed E-state index contributed by atoms with van der Waals surface area (Å²) in [5.74, 6) is -0.0707. The van der Waals surface area contributed by atoms with Crippen molar-refractivity contribution in [3.05, 3.63) is 59.1 Å². The Balaban J connectivity index is 1.78. The molecule has 136 valence electrons. The van der Waals surface area contributed by atoms with E-state index in [1.165, 1.54) is 7.11 Å². The van der Waals surface area contributed by atoms with Crippen molar-refractivity contribution >= 4 is 29.2 Å². The van der Waals surface area contributed by atoms with Crippen LogP contribution in [0.25, 0.3) is 0 Å². The van der Waals surface area contributed by atoms with Gasteiger partial charge in [0.05, 0.1) is 18.1 Å². The van der Waals surface area contributed by atoms with Crippen molar-refractivity contribution in [2.45, 2.75) is 19.4 Å². The van der Waals surface area contributed by atoms with Gasteiger partial charge in [0.15, 0.2) is 0 Å². The smallest absolute Gasteiger partial charge is 0.310 e. The lowest BCUT2D eigenvalue weighted by atomic mass is 10.1. The Bertz CT molecular complexity index is 809. The summed E-state index contributed by atoms with van der Waals surface area (Å²) >= 11 is 6.10. The molecule has 0 unspecified atom stereocenters. The van der Waals surface area contributed by atoms with Crippen LogP contribution in [-0.4, -0.2) is 19.0 Å². The molecule has 1 aliphatic carbocycles. The van der Waals surface area contributed by atoms with E-state index >= 15 is 0 Å². The molecular weight excluding hydrogens is 354 g/mol. The Labute approximate surface area is 157 Å². The van der Waals surface area contributed by atoms with Crippen molar-refractivity contribution in [3.63, 3.8) is 0 Å². The Morgan fingerprint density at radius 1 is 1.19 bits per heavy atom. The van der Waals surface area contributed by atoms with Crippen molar-refractivity contribution in [1.82, 2.24) is 0 Å². The van der Waals surface area contributed by atoms with E-state index in [4.69, 9.17) is 21.1 Å². The number of rotatable bonds is 6. The molecule has 3 atom stereocenters. The van der Waals surface area contributed by atoms with Crippen molar-refractivity contribution < 1.29 is 19.1 Å². The van der Waals surface area contributed by atoms with Crippen LogP contribution in [0.3, 0.4) is 0 Å². The van der Waals surface area contributed by atoms with Gasteiger partial charge < -0.3 is 14.8 Å². The normalized spacial score (nSPS) is 19.3. The van der Waals surface area contributed by atoms with Crippen molar-refractivity contribution in [1.29, 1.82) is 0 Å². The number of hydrogen-bond donors (Lipinski definition) is 1. The van der Waals surface area contributed by atoms with Crippen molar-refractivity contribution in [3.8, 4) is 5.75 Å². The average molecular weight is 374 g/mol. The quantitative estimate of drug-likeness (QED) is 0.769. The van der Waals surface area contributed by atoms with Crippen molar-refractivity contribution in [2.24, 2.45) is 11.8 Å². The molecule has 5 nitrogen and oxygen atoms in total. The van der Waals surface area contributed by atoms with E-state index in [0.717, 1.165) is 6.42 Å². The zero-order valence-electron chi connectivity index (χ0n) is 14.6. The zero-order valence-corrected chi connectivity index (χ0v) is 15.3. The minimum Gasteiger partial charge on any atom is -0.495 e. The molecule has 0 aliphatic heterocycles. The molecule has 6 heteroatoms. The molecule has 0 aromatic heterocycles. The van der Waals surface area contributed by atoms with E-state index in [2.05, 4.69) is 5.32 Å². The molecule has 1 fully saturated rings. The monoisotopic (exact) mass is 373 g/mol. The van der Waals surface area contributed by atoms with Gasteiger partial charge in [-0.3, -0.25) is 9.59 Å². The summed E-state index contributed by atoms with van der Waals surface area (Å²) in [4.78, 5) is 25.0. The molecule has 3 rings (SSSR count). The SMILES string of the molecule is COc1ccc(NC(=O)[C@@H](OC(=O)[C@H]2C[C@@H]2C)c2ccccc2)cc1Cl. The van der Waals surface area contributed by atoms with Gasteiger partial charge in [-0.05, 0) is 30.5 Å². The summed E-state index contributed by atoms with van der Waals surface area (Å²) < 4.78 is 10.6. The van der Waals surface area contributed by atoms with Gasteiger partial charge in [-0.15, -0.1) is 0 Å². The number of carbonyl (C=O) groups excluding carboxylic acids is 2. The number of methoxy groups -OCH3 is 1. The fraction of sp³-hybridized carbons (Fsp3) is 0.300. The molecule has 0 radical (unpaired) electrons. The number of anilines is 1. The molecule has 1 amide bonds. The minimum atomic E-state index is -1.02. The second kappa shape index (κ2) is 7.79. The molecule has 0 heterocycles. The second-order valence-corrected chi connectivity index (χ2v) is 6.79. The molecular formula is C20H20ClNO4. The first kappa shape index (κ1) is 18.3. The van der Waals surface area contributed by atoms with E-state index in [1.807, 2.05) is 13.0 Å². The third-order valence-electron chi connectivity index (χ3n) is 4.41. The van der Waals surface area contributed by atoms with Crippen LogP contribution in [0.5, 0.6) is 5.75 Å². The summed E-state index contributed by atoms with van der Waals surface area (Å²) in [6.45, 7) is 1.99. The van der Waals surface area contributed by atoms with Crippen LogP contribution in [-0.2, 0) is 14.3 Å². The van der Waals surface area contributed by atoms with Gasteiger partial charge in [0.2, 0.25) is 6.10 Å². The average Bonchev–Trinajstić information content (AvgIpc) is 3.37. The van der Waals surface area contributed by atoms with Gasteiger partial charge in [-0.25, -0.2) is 0 Å². The third-order valence-corrected chi connectivity index (χ3v) is 4.70. The van der Waals surface area contributed by atoms with Crippen LogP contribution >= 0.6 is 11.6 Å². The van der Waals surface area contributed by atoms with Crippen LogP contribution in [0.4, 0.5) is 5.69 Å². The highest BCUT2D eigenvalue weighted by atomic mass is 35.5. The topological polar surface area (TPSA) is 64.6 Å². The van der Waals surface area contributed by atoms with E-state index in [-0.39, 0.29) is 11.9 Å². The molecule has 1 N–H and O–H groups in total. The van der Waals surface area contributed by atoms with Gasteiger partial charge >= 0.3 is 5.97 Å². The van der Waals surface area contributed by atoms with Crippen LogP contribution in [0.1, 0.15) is 25.0 Å². The largest absolute Gasteiger partial charge is 0.495 e. The van der Waals surface area contributed by atoms with Gasteiger partial charge in [0.25, 0.3) is 5.91 Å². The Morgan fingerprint density at radius 2 is 1.88 bits per heavy atom. The number of carbonyl (C=O) groups is 2. The highest BCUT2D eigenvalue weighted by molar-refractivity contribution is 6.32. The molecule has 1 saturated carbocycles. The molecule has 0 saturated heterocycles. The Kier molecular flexibility index (Phi) is 5.47. The minimum absolute atomic E-state index is 0.121. The van der Waals surface area contributed by atoms with E-state index in [1.54, 1.807) is 42.5 Å². The lowest BCUT2D eigenvalue weighted by Gasteiger charge is -2.18. The lowest BCUT2D eigenvalue weighted by molar-refractivity contribution is -0.156. The van der Waals surface area contributed by atoms with E-state index in [0.29, 0.717) is 27.9 Å². The fourth-order valence-electron chi connectivity index (χ4n) is 2.71. The fourth-order valence-corrected chi connectivity index (χ4v) is 2.96. The predicted molar refractivity (Wildman–Crippen MR) is 99.2 cm³/mol. The number of ether oxygens (including phenoxy) is 2. The van der Waals surface area contributed by atoms with Gasteiger partial charge in [-0.2, -0.15) is 0 Å². The standard InChI is InChI=1S/C20H20ClNO4/c1-12-10-15(12)20(24)26-18(13-6-4-3-5-7-13)19(23)22-14-8-9-17(25-2)16(21)11-14/h3-9,11-12,15,18H,10H2,1-2H3,(H,22,23)/t12-,15-,18-/m0/s1. The number of esters is 1. The van der Waals surface area contributed by atoms with Gasteiger partial charge in [0.1, 0.15) is 5.75 Å². The third kappa shape index (κ3) is 4.17. The Hall–Kier alpha value is -2.53. The van der Waals surface area contributed by atoms with Crippen LogP contribution in [0.15, 0.2) is 48.5 Å². The number of halogens is 1. The molecule has 2 aromatic carbocycles. The Morgan fingerprint density at radius 3 is 2.46 bits per heavy atom. The van der Waals surface area contributed by atoms with Crippen molar-refractivity contribution in [2.75, 3.05) is 12.4 Å². The number of benzene rings is 2. The molecule has 2 aromatic rings. The van der Waals surface area contributed by atoms with E-state index < -0.39 is 12.0 Å². The summed E-state index contributed by atoms with van der Waals surface area (Å²) in [5, 5.41) is 3.13. The number of nitrogens with one attached hydrogen (secondary N) is 1. The number of hydrogen-bond acceptors (Lipinski definition) is 4. The lowest BCUT2D eigenvalue weighted by Crippen LogP contribution is -2.26. The first-order chi connectivity index (χ1) is 12.5. The summed E-state index contributed by atoms with van der Waals surface area (Å²) in [6, 6.07) is 13.9. The highest BCUT2D eigenvalue weighted by Crippen LogP contribution is 2.40. The summed E-state index contributed by atoms with van der Waals surface area (Å²) in [5.41, 5.74) is 1.11. The maximum absolute atomic E-state index is 12.8. The number of amides is 1. The first-order valence-corrected chi connectivity index (χ1v) is 8.77. The van der Waals surface area contributed by atoms with Crippen LogP contribution < -0.4 is 10.1 Å². The predicted octanol–water partition coefficient (Wildman–Crippen LogP) is 4.23. The molecule has 1 aliphatic rings. The molecule has 26 heavy (non-hydrogen) atoms. The first-order valence-electron chi connectivity index (χ1n) is 8.39. The molecule has 0 bridgehead atoms. The second-order valence-electron chi connectivity index (χ2n) is 6.39. The summed E-state index contributed by atoms with van der Waals surface area (Å²) in [7, 11) is 1.52. The maximum Gasteiger partial charge on any atom is 0.310 e. The summed E-state index contributed by atoms with van der Waals surface area (Å²) in [6.07, 6.45) is -0.215. The van der Waals surface area contributed by atoms with Crippen LogP contribution in [0.2, 0.25) is 5.02 Å². The van der Waals surface area contributed by atoms with Gasteiger partial charge in [-0.1, -0.05) is 48.9 Å².